The minimum atomic E-state index is 0.284. The number of anilines is 2. The number of thiazole rings is 1. The summed E-state index contributed by atoms with van der Waals surface area (Å²) in [5.74, 6) is 1.71. The van der Waals surface area contributed by atoms with Crippen molar-refractivity contribution in [2.24, 2.45) is 5.92 Å². The van der Waals surface area contributed by atoms with Gasteiger partial charge in [-0.3, -0.25) is 4.79 Å². The monoisotopic (exact) mass is 357 g/mol. The van der Waals surface area contributed by atoms with E-state index in [0.29, 0.717) is 17.5 Å². The van der Waals surface area contributed by atoms with Crippen molar-refractivity contribution in [1.29, 1.82) is 0 Å². The highest BCUT2D eigenvalue weighted by Crippen LogP contribution is 2.32. The topological polar surface area (TPSA) is 75.3 Å². The number of carbonyl (C=O) groups excluding carboxylic acids is 1. The van der Waals surface area contributed by atoms with Gasteiger partial charge in [-0.2, -0.15) is 0 Å². The number of nitrogens with zero attached hydrogens (tertiary/aromatic N) is 4. The van der Waals surface area contributed by atoms with E-state index in [1.54, 1.807) is 11.3 Å². The molecule has 3 heterocycles. The Hall–Kier alpha value is -2.15. The summed E-state index contributed by atoms with van der Waals surface area (Å²) >= 11 is 1.58. The van der Waals surface area contributed by atoms with Crippen LogP contribution in [-0.2, 0) is 17.6 Å². The highest BCUT2D eigenvalue weighted by atomic mass is 32.1. The molecule has 0 spiro atoms. The van der Waals surface area contributed by atoms with E-state index in [1.807, 2.05) is 29.3 Å². The van der Waals surface area contributed by atoms with Crippen LogP contribution in [0, 0.1) is 5.92 Å². The number of piperazine rings is 1. The first-order valence-electron chi connectivity index (χ1n) is 8.87. The molecule has 0 aromatic carbocycles. The fourth-order valence-corrected chi connectivity index (χ4v) is 4.73. The first-order valence-corrected chi connectivity index (χ1v) is 9.68. The Labute approximate surface area is 151 Å². The lowest BCUT2D eigenvalue weighted by Crippen LogP contribution is -2.49. The van der Waals surface area contributed by atoms with E-state index in [0.717, 1.165) is 57.0 Å². The molecule has 2 aliphatic rings. The summed E-state index contributed by atoms with van der Waals surface area (Å²) in [7, 11) is 0. The Balaban J connectivity index is 1.30. The van der Waals surface area contributed by atoms with Gasteiger partial charge in [0.2, 0.25) is 5.91 Å². The van der Waals surface area contributed by atoms with Crippen molar-refractivity contribution in [2.75, 3.05) is 36.8 Å². The molecule has 2 aromatic rings. The molecule has 6 nitrogen and oxygen atoms in total. The zero-order valence-corrected chi connectivity index (χ0v) is 15.0. The highest BCUT2D eigenvalue weighted by molar-refractivity contribution is 7.15. The molecular weight excluding hydrogens is 334 g/mol. The van der Waals surface area contributed by atoms with Crippen molar-refractivity contribution in [3.8, 4) is 0 Å². The second-order valence-electron chi connectivity index (χ2n) is 6.79. The van der Waals surface area contributed by atoms with Crippen molar-refractivity contribution in [3.05, 3.63) is 35.0 Å². The number of fused-ring (bicyclic) bond motifs is 1. The smallest absolute Gasteiger partial charge is 0.222 e. The number of nitrogens with two attached hydrogens (primary N) is 1. The lowest BCUT2D eigenvalue weighted by molar-refractivity contribution is -0.132. The molecule has 1 amide bonds. The van der Waals surface area contributed by atoms with Crippen LogP contribution < -0.4 is 10.6 Å². The number of amides is 1. The maximum absolute atomic E-state index is 12.7. The molecule has 2 N–H and O–H groups in total. The quantitative estimate of drug-likeness (QED) is 0.909. The molecule has 0 bridgehead atoms. The Morgan fingerprint density at radius 2 is 2.12 bits per heavy atom. The summed E-state index contributed by atoms with van der Waals surface area (Å²) < 4.78 is 0. The van der Waals surface area contributed by atoms with Gasteiger partial charge in [-0.1, -0.05) is 6.07 Å². The minimum absolute atomic E-state index is 0.284. The van der Waals surface area contributed by atoms with E-state index in [1.165, 1.54) is 4.88 Å². The van der Waals surface area contributed by atoms with Crippen LogP contribution >= 0.6 is 11.3 Å². The predicted molar refractivity (Wildman–Crippen MR) is 99.7 cm³/mol. The maximum Gasteiger partial charge on any atom is 0.222 e. The Bertz CT molecular complexity index is 739. The van der Waals surface area contributed by atoms with Gasteiger partial charge in [0, 0.05) is 43.7 Å². The van der Waals surface area contributed by atoms with E-state index in [4.69, 9.17) is 5.73 Å². The van der Waals surface area contributed by atoms with E-state index < -0.39 is 0 Å². The molecular formula is C18H23N5OS. The van der Waals surface area contributed by atoms with Gasteiger partial charge in [-0.25, -0.2) is 9.97 Å². The molecule has 1 aliphatic heterocycles. The molecule has 0 radical (unpaired) electrons. The van der Waals surface area contributed by atoms with Gasteiger partial charge in [0.1, 0.15) is 5.82 Å². The standard InChI is InChI=1S/C18H23N5OS/c19-18-21-14-5-4-13(11-15(14)25-18)12-17(24)23-9-7-22(8-10-23)16-3-1-2-6-20-16/h1-3,6,13H,4-5,7-12H2,(H2,19,21). The van der Waals surface area contributed by atoms with Gasteiger partial charge in [0.15, 0.2) is 5.13 Å². The van der Waals surface area contributed by atoms with Crippen LogP contribution in [0.1, 0.15) is 23.4 Å². The SMILES string of the molecule is Nc1nc2c(s1)CC(CC(=O)N1CCN(c3ccccn3)CC1)CC2. The Kier molecular flexibility index (Phi) is 4.57. The van der Waals surface area contributed by atoms with Crippen molar-refractivity contribution in [3.63, 3.8) is 0 Å². The molecule has 1 aliphatic carbocycles. The Morgan fingerprint density at radius 3 is 2.88 bits per heavy atom. The molecule has 1 saturated heterocycles. The number of aromatic nitrogens is 2. The summed E-state index contributed by atoms with van der Waals surface area (Å²) in [5, 5.41) is 0.655. The van der Waals surface area contributed by atoms with Crippen LogP contribution in [0.25, 0.3) is 0 Å². The van der Waals surface area contributed by atoms with Crippen LogP contribution in [0.2, 0.25) is 0 Å². The van der Waals surface area contributed by atoms with Crippen molar-refractivity contribution >= 4 is 28.2 Å². The van der Waals surface area contributed by atoms with Gasteiger partial charge in [-0.05, 0) is 37.3 Å². The van der Waals surface area contributed by atoms with Crippen LogP contribution in [0.4, 0.5) is 10.9 Å². The number of pyridine rings is 1. The predicted octanol–water partition coefficient (Wildman–Crippen LogP) is 1.96. The van der Waals surface area contributed by atoms with Crippen molar-refractivity contribution < 1.29 is 4.79 Å². The first-order chi connectivity index (χ1) is 12.2. The lowest BCUT2D eigenvalue weighted by atomic mass is 9.88. The van der Waals surface area contributed by atoms with Crippen LogP contribution in [-0.4, -0.2) is 47.0 Å². The number of rotatable bonds is 3. The third-order valence-corrected chi connectivity index (χ3v) is 6.08. The average Bonchev–Trinajstić information content (AvgIpc) is 3.02. The summed E-state index contributed by atoms with van der Waals surface area (Å²) in [6.45, 7) is 3.26. The van der Waals surface area contributed by atoms with E-state index >= 15 is 0 Å². The zero-order valence-electron chi connectivity index (χ0n) is 14.2. The fraction of sp³-hybridized carbons (Fsp3) is 0.500. The third kappa shape index (κ3) is 3.61. The highest BCUT2D eigenvalue weighted by Gasteiger charge is 2.27. The molecule has 25 heavy (non-hydrogen) atoms. The van der Waals surface area contributed by atoms with Crippen LogP contribution in [0.3, 0.4) is 0 Å². The largest absolute Gasteiger partial charge is 0.375 e. The van der Waals surface area contributed by atoms with Gasteiger partial charge in [0.05, 0.1) is 5.69 Å². The molecule has 0 saturated carbocycles. The van der Waals surface area contributed by atoms with Gasteiger partial charge in [-0.15, -0.1) is 11.3 Å². The Morgan fingerprint density at radius 1 is 1.28 bits per heavy atom. The number of nitrogen functional groups attached to an aromatic ring is 1. The first kappa shape index (κ1) is 16.3. The molecule has 4 rings (SSSR count). The fourth-order valence-electron chi connectivity index (χ4n) is 3.74. The lowest BCUT2D eigenvalue weighted by Gasteiger charge is -2.36. The normalized spacial score (nSPS) is 20.4. The second-order valence-corrected chi connectivity index (χ2v) is 7.91. The molecule has 2 aromatic heterocycles. The second kappa shape index (κ2) is 7.00. The minimum Gasteiger partial charge on any atom is -0.375 e. The van der Waals surface area contributed by atoms with Gasteiger partial charge in [0.25, 0.3) is 0 Å². The van der Waals surface area contributed by atoms with E-state index in [-0.39, 0.29) is 5.91 Å². The zero-order chi connectivity index (χ0) is 17.2. The number of hydrogen-bond donors (Lipinski definition) is 1. The number of hydrogen-bond acceptors (Lipinski definition) is 6. The summed E-state index contributed by atoms with van der Waals surface area (Å²) in [5.41, 5.74) is 6.95. The third-order valence-electron chi connectivity index (χ3n) is 5.13. The van der Waals surface area contributed by atoms with Gasteiger partial charge >= 0.3 is 0 Å². The molecule has 7 heteroatoms. The summed E-state index contributed by atoms with van der Waals surface area (Å²) in [6, 6.07) is 5.96. The molecule has 1 atom stereocenters. The van der Waals surface area contributed by atoms with Crippen molar-refractivity contribution in [1.82, 2.24) is 14.9 Å². The number of aryl methyl sites for hydroxylation is 1. The van der Waals surface area contributed by atoms with Crippen molar-refractivity contribution in [2.45, 2.75) is 25.7 Å². The van der Waals surface area contributed by atoms with E-state index in [9.17, 15) is 4.79 Å². The number of carbonyl (C=O) groups is 1. The molecule has 1 unspecified atom stereocenters. The van der Waals surface area contributed by atoms with Gasteiger partial charge < -0.3 is 15.5 Å². The van der Waals surface area contributed by atoms with E-state index in [2.05, 4.69) is 14.9 Å². The molecule has 1 fully saturated rings. The summed E-state index contributed by atoms with van der Waals surface area (Å²) in [6.07, 6.45) is 5.39. The van der Waals surface area contributed by atoms with Crippen LogP contribution in [0.5, 0.6) is 0 Å². The average molecular weight is 357 g/mol. The van der Waals surface area contributed by atoms with Crippen LogP contribution in [0.15, 0.2) is 24.4 Å². The maximum atomic E-state index is 12.7. The summed E-state index contributed by atoms with van der Waals surface area (Å²) in [4.78, 5) is 27.0. The molecule has 132 valence electrons.